The van der Waals surface area contributed by atoms with Crippen molar-refractivity contribution >= 4 is 11.9 Å². The molecule has 0 bridgehead atoms. The van der Waals surface area contributed by atoms with Gasteiger partial charge in [-0.05, 0) is 47.7 Å². The molecule has 7 nitrogen and oxygen atoms in total. The largest absolute Gasteiger partial charge is 0.449 e. The Morgan fingerprint density at radius 2 is 1.69 bits per heavy atom. The molecule has 32 heavy (non-hydrogen) atoms. The number of anilines is 1. The normalized spacial score (nSPS) is 14.4. The third kappa shape index (κ3) is 4.17. The fourth-order valence-electron chi connectivity index (χ4n) is 4.46. The fraction of sp³-hybridized carbons (Fsp3) is 0.280. The van der Waals surface area contributed by atoms with Gasteiger partial charge < -0.3 is 26.0 Å². The second kappa shape index (κ2) is 8.98. The first-order valence-corrected chi connectivity index (χ1v) is 10.6. The SMILES string of the molecule is Cc1cc(N)nc(C)c1C(O)C(O)CNC(=O)OCC1c2ccccc2-c2ccccc21. The Morgan fingerprint density at radius 1 is 1.09 bits per heavy atom. The number of aromatic nitrogens is 1. The monoisotopic (exact) mass is 433 g/mol. The molecule has 5 N–H and O–H groups in total. The van der Waals surface area contributed by atoms with Crippen LogP contribution in [0.4, 0.5) is 10.6 Å². The van der Waals surface area contributed by atoms with Gasteiger partial charge in [0.1, 0.15) is 24.6 Å². The van der Waals surface area contributed by atoms with Crippen LogP contribution < -0.4 is 11.1 Å². The van der Waals surface area contributed by atoms with E-state index in [1.165, 1.54) is 0 Å². The van der Waals surface area contributed by atoms with E-state index in [1.54, 1.807) is 19.9 Å². The van der Waals surface area contributed by atoms with E-state index in [-0.39, 0.29) is 19.1 Å². The van der Waals surface area contributed by atoms with Gasteiger partial charge in [-0.15, -0.1) is 0 Å². The van der Waals surface area contributed by atoms with Gasteiger partial charge in [0.15, 0.2) is 0 Å². The summed E-state index contributed by atoms with van der Waals surface area (Å²) in [6, 6.07) is 17.8. The Labute approximate surface area is 186 Å². The predicted octanol–water partition coefficient (Wildman–Crippen LogP) is 3.21. The lowest BCUT2D eigenvalue weighted by Gasteiger charge is -2.22. The number of carbonyl (C=O) groups excluding carboxylic acids is 1. The van der Waals surface area contributed by atoms with E-state index in [0.717, 1.165) is 27.8 Å². The van der Waals surface area contributed by atoms with Crippen molar-refractivity contribution in [3.63, 3.8) is 0 Å². The number of nitrogens with zero attached hydrogens (tertiary/aromatic N) is 1. The molecular weight excluding hydrogens is 406 g/mol. The van der Waals surface area contributed by atoms with Gasteiger partial charge in [-0.1, -0.05) is 48.5 Å². The van der Waals surface area contributed by atoms with Crippen LogP contribution in [0.25, 0.3) is 11.1 Å². The van der Waals surface area contributed by atoms with Crippen molar-refractivity contribution in [3.05, 3.63) is 82.5 Å². The molecule has 1 aliphatic carbocycles. The van der Waals surface area contributed by atoms with Crippen LogP contribution in [-0.2, 0) is 4.74 Å². The van der Waals surface area contributed by atoms with Crippen LogP contribution in [0, 0.1) is 13.8 Å². The summed E-state index contributed by atoms with van der Waals surface area (Å²) in [4.78, 5) is 16.4. The number of aliphatic hydroxyl groups is 2. The Kier molecular flexibility index (Phi) is 6.12. The molecule has 0 spiro atoms. The standard InChI is InChI=1S/C25H27N3O4/c1-14-11-22(26)28-15(2)23(14)24(30)21(29)12-27-25(31)32-13-20-18-9-5-3-7-16(18)17-8-4-6-10-19(17)20/h3-11,20-21,24,29-30H,12-13H2,1-2H3,(H2,26,28)(H,27,31). The minimum absolute atomic E-state index is 0.0465. The molecule has 3 aromatic rings. The van der Waals surface area contributed by atoms with Crippen molar-refractivity contribution in [3.8, 4) is 11.1 Å². The third-order valence-electron chi connectivity index (χ3n) is 5.94. The molecule has 2 aromatic carbocycles. The molecule has 0 fully saturated rings. The molecular formula is C25H27N3O4. The highest BCUT2D eigenvalue weighted by atomic mass is 16.5. The van der Waals surface area contributed by atoms with Crippen molar-refractivity contribution < 1.29 is 19.7 Å². The number of amides is 1. The van der Waals surface area contributed by atoms with E-state index in [0.29, 0.717) is 17.1 Å². The Hall–Kier alpha value is -3.42. The summed E-state index contributed by atoms with van der Waals surface area (Å²) < 4.78 is 5.47. The van der Waals surface area contributed by atoms with E-state index in [4.69, 9.17) is 10.5 Å². The maximum atomic E-state index is 12.3. The van der Waals surface area contributed by atoms with Crippen LogP contribution in [0.15, 0.2) is 54.6 Å². The number of benzene rings is 2. The fourth-order valence-corrected chi connectivity index (χ4v) is 4.46. The van der Waals surface area contributed by atoms with Crippen LogP contribution >= 0.6 is 0 Å². The van der Waals surface area contributed by atoms with Gasteiger partial charge in [-0.25, -0.2) is 9.78 Å². The van der Waals surface area contributed by atoms with Crippen molar-refractivity contribution in [1.82, 2.24) is 10.3 Å². The lowest BCUT2D eigenvalue weighted by molar-refractivity contribution is 0.0176. The number of nitrogens with one attached hydrogen (secondary N) is 1. The number of fused-ring (bicyclic) bond motifs is 3. The molecule has 1 heterocycles. The van der Waals surface area contributed by atoms with Crippen molar-refractivity contribution in [2.45, 2.75) is 32.0 Å². The number of alkyl carbamates (subject to hydrolysis) is 1. The number of aliphatic hydroxyl groups excluding tert-OH is 2. The number of nitrogens with two attached hydrogens (primary N) is 1. The van der Waals surface area contributed by atoms with E-state index in [2.05, 4.69) is 22.4 Å². The van der Waals surface area contributed by atoms with Gasteiger partial charge in [0.25, 0.3) is 0 Å². The van der Waals surface area contributed by atoms with Gasteiger partial charge in [-0.3, -0.25) is 0 Å². The summed E-state index contributed by atoms with van der Waals surface area (Å²) in [6.07, 6.45) is -3.09. The molecule has 2 unspecified atom stereocenters. The van der Waals surface area contributed by atoms with Gasteiger partial charge in [0.05, 0.1) is 0 Å². The maximum Gasteiger partial charge on any atom is 0.407 e. The zero-order valence-corrected chi connectivity index (χ0v) is 18.1. The molecule has 1 aromatic heterocycles. The Morgan fingerprint density at radius 3 is 2.28 bits per heavy atom. The van der Waals surface area contributed by atoms with Crippen LogP contribution in [-0.4, -0.2) is 40.5 Å². The number of pyridine rings is 1. The summed E-state index contributed by atoms with van der Waals surface area (Å²) >= 11 is 0. The number of nitrogen functional groups attached to an aromatic ring is 1. The van der Waals surface area contributed by atoms with E-state index in [9.17, 15) is 15.0 Å². The van der Waals surface area contributed by atoms with Gasteiger partial charge in [-0.2, -0.15) is 0 Å². The first-order valence-electron chi connectivity index (χ1n) is 10.6. The number of hydrogen-bond acceptors (Lipinski definition) is 6. The summed E-state index contributed by atoms with van der Waals surface area (Å²) in [5.41, 5.74) is 12.0. The number of aryl methyl sites for hydroxylation is 2. The molecule has 0 saturated carbocycles. The molecule has 0 radical (unpaired) electrons. The molecule has 1 amide bonds. The molecule has 2 atom stereocenters. The first-order chi connectivity index (χ1) is 15.4. The van der Waals surface area contributed by atoms with Gasteiger partial charge in [0.2, 0.25) is 0 Å². The minimum atomic E-state index is -1.22. The Bertz CT molecular complexity index is 1080. The maximum absolute atomic E-state index is 12.3. The van der Waals surface area contributed by atoms with E-state index >= 15 is 0 Å². The highest BCUT2D eigenvalue weighted by Gasteiger charge is 2.29. The summed E-state index contributed by atoms with van der Waals surface area (Å²) in [6.45, 7) is 3.52. The number of carbonyl (C=O) groups is 1. The lowest BCUT2D eigenvalue weighted by Crippen LogP contribution is -2.36. The van der Waals surface area contributed by atoms with Crippen LogP contribution in [0.5, 0.6) is 0 Å². The molecule has 1 aliphatic rings. The highest BCUT2D eigenvalue weighted by Crippen LogP contribution is 2.44. The molecule has 7 heteroatoms. The Balaban J connectivity index is 1.36. The third-order valence-corrected chi connectivity index (χ3v) is 5.94. The molecule has 166 valence electrons. The van der Waals surface area contributed by atoms with Crippen molar-refractivity contribution in [2.75, 3.05) is 18.9 Å². The molecule has 0 aliphatic heterocycles. The zero-order valence-electron chi connectivity index (χ0n) is 18.1. The lowest BCUT2D eigenvalue weighted by atomic mass is 9.98. The smallest absolute Gasteiger partial charge is 0.407 e. The average Bonchev–Trinajstić information content (AvgIpc) is 3.09. The topological polar surface area (TPSA) is 118 Å². The van der Waals surface area contributed by atoms with Gasteiger partial charge in [0, 0.05) is 23.7 Å². The zero-order chi connectivity index (χ0) is 22.8. The highest BCUT2D eigenvalue weighted by molar-refractivity contribution is 5.79. The van der Waals surface area contributed by atoms with Crippen LogP contribution in [0.3, 0.4) is 0 Å². The number of hydrogen-bond donors (Lipinski definition) is 4. The molecule has 0 saturated heterocycles. The van der Waals surface area contributed by atoms with Crippen molar-refractivity contribution in [1.29, 1.82) is 0 Å². The van der Waals surface area contributed by atoms with Gasteiger partial charge >= 0.3 is 6.09 Å². The van der Waals surface area contributed by atoms with Crippen LogP contribution in [0.1, 0.15) is 40.0 Å². The average molecular weight is 434 g/mol. The summed E-state index contributed by atoms with van der Waals surface area (Å²) in [7, 11) is 0. The number of rotatable bonds is 6. The predicted molar refractivity (Wildman–Crippen MR) is 122 cm³/mol. The second-order valence-corrected chi connectivity index (χ2v) is 8.08. The quantitative estimate of drug-likeness (QED) is 0.474. The van der Waals surface area contributed by atoms with Crippen molar-refractivity contribution in [2.24, 2.45) is 0 Å². The van der Waals surface area contributed by atoms with E-state index < -0.39 is 18.3 Å². The summed E-state index contributed by atoms with van der Waals surface area (Å²) in [5.74, 6) is 0.303. The first kappa shape index (κ1) is 21.8. The molecule has 4 rings (SSSR count). The number of ether oxygens (including phenoxy) is 1. The second-order valence-electron chi connectivity index (χ2n) is 8.08. The van der Waals surface area contributed by atoms with Crippen LogP contribution in [0.2, 0.25) is 0 Å². The minimum Gasteiger partial charge on any atom is -0.449 e. The van der Waals surface area contributed by atoms with E-state index in [1.807, 2.05) is 36.4 Å². The summed E-state index contributed by atoms with van der Waals surface area (Å²) in [5, 5.41) is 23.5.